The Kier molecular flexibility index (Phi) is 1.69. The van der Waals surface area contributed by atoms with Crippen LogP contribution in [0.1, 0.15) is 27.2 Å². The molecular weight excluding hydrogens is 148 g/mol. The van der Waals surface area contributed by atoms with E-state index in [1.807, 2.05) is 0 Å². The predicted molar refractivity (Wildman–Crippen MR) is 50.9 cm³/mol. The van der Waals surface area contributed by atoms with Crippen molar-refractivity contribution in [1.29, 1.82) is 0 Å². The monoisotopic (exact) mass is 166 g/mol. The zero-order chi connectivity index (χ0) is 8.77. The summed E-state index contributed by atoms with van der Waals surface area (Å²) < 4.78 is 0. The Morgan fingerprint density at radius 2 is 2.00 bits per heavy atom. The van der Waals surface area contributed by atoms with Crippen LogP contribution < -0.4 is 10.6 Å². The van der Waals surface area contributed by atoms with Crippen LogP contribution >= 0.6 is 0 Å². The van der Waals surface area contributed by atoms with Crippen molar-refractivity contribution in [3.63, 3.8) is 0 Å². The molecule has 0 aromatic rings. The zero-order valence-corrected chi connectivity index (χ0v) is 8.20. The summed E-state index contributed by atoms with van der Waals surface area (Å²) in [6, 6.07) is 0.657. The first-order valence-electron chi connectivity index (χ1n) is 4.75. The molecule has 0 aromatic carbocycles. The maximum absolute atomic E-state index is 3.61. The zero-order valence-electron chi connectivity index (χ0n) is 8.20. The van der Waals surface area contributed by atoms with Gasteiger partial charge in [-0.05, 0) is 17.4 Å². The molecule has 1 unspecified atom stereocenters. The molecule has 2 nitrogen and oxygen atoms in total. The largest absolute Gasteiger partial charge is 0.384 e. The van der Waals surface area contributed by atoms with Crippen LogP contribution in [0.3, 0.4) is 0 Å². The molecule has 0 saturated carbocycles. The molecule has 0 aromatic heterocycles. The van der Waals surface area contributed by atoms with Crippen LogP contribution in [-0.4, -0.2) is 19.1 Å². The molecular formula is C10H18N2. The normalized spacial score (nSPS) is 29.1. The summed E-state index contributed by atoms with van der Waals surface area (Å²) in [5.41, 5.74) is 3.47. The predicted octanol–water partition coefficient (Wildman–Crippen LogP) is 1.25. The molecule has 0 bridgehead atoms. The first kappa shape index (κ1) is 8.11. The van der Waals surface area contributed by atoms with Gasteiger partial charge >= 0.3 is 0 Å². The van der Waals surface area contributed by atoms with Gasteiger partial charge in [-0.1, -0.05) is 20.8 Å². The van der Waals surface area contributed by atoms with E-state index in [1.165, 1.54) is 12.1 Å². The second-order valence-corrected chi connectivity index (χ2v) is 4.95. The fraction of sp³-hybridized carbons (Fsp3) is 0.800. The first-order chi connectivity index (χ1) is 5.57. The second kappa shape index (κ2) is 2.49. The second-order valence-electron chi connectivity index (χ2n) is 4.95. The molecule has 2 rings (SSSR count). The van der Waals surface area contributed by atoms with E-state index in [-0.39, 0.29) is 0 Å². The molecule has 2 heteroatoms. The lowest BCUT2D eigenvalue weighted by Gasteiger charge is -2.29. The van der Waals surface area contributed by atoms with E-state index in [1.54, 1.807) is 5.57 Å². The molecule has 2 aliphatic heterocycles. The summed E-state index contributed by atoms with van der Waals surface area (Å²) >= 11 is 0. The molecule has 0 fully saturated rings. The lowest BCUT2D eigenvalue weighted by Crippen LogP contribution is -2.37. The maximum Gasteiger partial charge on any atom is 0.0356 e. The van der Waals surface area contributed by atoms with Crippen LogP contribution in [0.25, 0.3) is 0 Å². The average Bonchev–Trinajstić information content (AvgIpc) is 2.37. The highest BCUT2D eigenvalue weighted by Gasteiger charge is 2.33. The summed E-state index contributed by atoms with van der Waals surface area (Å²) in [4.78, 5) is 0. The lowest BCUT2D eigenvalue weighted by atomic mass is 9.85. The molecule has 0 amide bonds. The van der Waals surface area contributed by atoms with Gasteiger partial charge in [0.1, 0.15) is 0 Å². The lowest BCUT2D eigenvalue weighted by molar-refractivity contribution is 0.293. The number of hydrogen-bond acceptors (Lipinski definition) is 2. The molecule has 12 heavy (non-hydrogen) atoms. The molecule has 2 aliphatic rings. The van der Waals surface area contributed by atoms with Crippen LogP contribution in [0.2, 0.25) is 0 Å². The molecule has 0 aliphatic carbocycles. The van der Waals surface area contributed by atoms with E-state index in [9.17, 15) is 0 Å². The van der Waals surface area contributed by atoms with Crippen molar-refractivity contribution in [2.45, 2.75) is 33.2 Å². The van der Waals surface area contributed by atoms with Crippen LogP contribution in [0.15, 0.2) is 11.3 Å². The fourth-order valence-corrected chi connectivity index (χ4v) is 1.95. The smallest absolute Gasteiger partial charge is 0.0356 e. The highest BCUT2D eigenvalue weighted by atomic mass is 15.1. The molecule has 68 valence electrons. The number of rotatable bonds is 0. The third-order valence-corrected chi connectivity index (χ3v) is 2.91. The highest BCUT2D eigenvalue weighted by molar-refractivity contribution is 5.28. The van der Waals surface area contributed by atoms with Crippen molar-refractivity contribution in [3.05, 3.63) is 11.3 Å². The van der Waals surface area contributed by atoms with Gasteiger partial charge in [0.25, 0.3) is 0 Å². The maximum atomic E-state index is 3.61. The molecule has 0 spiro atoms. The molecule has 2 N–H and O–H groups in total. The van der Waals surface area contributed by atoms with Crippen molar-refractivity contribution in [3.8, 4) is 0 Å². The van der Waals surface area contributed by atoms with E-state index in [4.69, 9.17) is 0 Å². The van der Waals surface area contributed by atoms with Gasteiger partial charge in [0.05, 0.1) is 0 Å². The Balaban J connectivity index is 2.04. The summed E-state index contributed by atoms with van der Waals surface area (Å²) in [7, 11) is 0. The van der Waals surface area contributed by atoms with Gasteiger partial charge in [0, 0.05) is 24.8 Å². The van der Waals surface area contributed by atoms with Crippen LogP contribution in [0.4, 0.5) is 0 Å². The minimum absolute atomic E-state index is 0.393. The van der Waals surface area contributed by atoms with E-state index in [2.05, 4.69) is 31.4 Å². The Bertz CT molecular complexity index is 206. The standard InChI is InChI=1S/C10H18N2/c1-10(2,3)9-4-7-5-11-6-8(7)12-9/h9,11-12H,4-6H2,1-3H3. The Morgan fingerprint density at radius 3 is 2.58 bits per heavy atom. The minimum atomic E-state index is 0.393. The van der Waals surface area contributed by atoms with E-state index in [0.29, 0.717) is 11.5 Å². The van der Waals surface area contributed by atoms with Gasteiger partial charge in [0.2, 0.25) is 0 Å². The van der Waals surface area contributed by atoms with Crippen LogP contribution in [0, 0.1) is 5.41 Å². The van der Waals surface area contributed by atoms with Crippen molar-refractivity contribution in [2.75, 3.05) is 13.1 Å². The van der Waals surface area contributed by atoms with Crippen molar-refractivity contribution < 1.29 is 0 Å². The van der Waals surface area contributed by atoms with E-state index >= 15 is 0 Å². The van der Waals surface area contributed by atoms with Gasteiger partial charge < -0.3 is 10.6 Å². The number of hydrogen-bond donors (Lipinski definition) is 2. The quantitative estimate of drug-likeness (QED) is 0.566. The molecule has 0 saturated heterocycles. The Morgan fingerprint density at radius 1 is 1.25 bits per heavy atom. The van der Waals surface area contributed by atoms with Gasteiger partial charge in [-0.15, -0.1) is 0 Å². The highest BCUT2D eigenvalue weighted by Crippen LogP contribution is 2.31. The van der Waals surface area contributed by atoms with E-state index in [0.717, 1.165) is 13.1 Å². The summed E-state index contributed by atoms with van der Waals surface area (Å²) in [6.07, 6.45) is 1.24. The first-order valence-corrected chi connectivity index (χ1v) is 4.75. The van der Waals surface area contributed by atoms with E-state index < -0.39 is 0 Å². The fourth-order valence-electron chi connectivity index (χ4n) is 1.95. The third kappa shape index (κ3) is 1.24. The van der Waals surface area contributed by atoms with Crippen molar-refractivity contribution in [2.24, 2.45) is 5.41 Å². The van der Waals surface area contributed by atoms with Gasteiger partial charge in [0.15, 0.2) is 0 Å². The van der Waals surface area contributed by atoms with Crippen LogP contribution in [0.5, 0.6) is 0 Å². The topological polar surface area (TPSA) is 24.1 Å². The van der Waals surface area contributed by atoms with Crippen LogP contribution in [-0.2, 0) is 0 Å². The van der Waals surface area contributed by atoms with Gasteiger partial charge in [-0.3, -0.25) is 0 Å². The molecule has 2 heterocycles. The Hall–Kier alpha value is -0.500. The SMILES string of the molecule is CC(C)(C)C1CC2=C(CNC2)N1. The summed E-state index contributed by atoms with van der Waals surface area (Å²) in [6.45, 7) is 9.08. The van der Waals surface area contributed by atoms with Gasteiger partial charge in [-0.25, -0.2) is 0 Å². The van der Waals surface area contributed by atoms with Crippen molar-refractivity contribution in [1.82, 2.24) is 10.6 Å². The van der Waals surface area contributed by atoms with Crippen molar-refractivity contribution >= 4 is 0 Å². The number of nitrogens with one attached hydrogen (secondary N) is 2. The molecule has 1 atom stereocenters. The van der Waals surface area contributed by atoms with Gasteiger partial charge in [-0.2, -0.15) is 0 Å². The molecule has 0 radical (unpaired) electrons. The summed E-state index contributed by atoms with van der Waals surface area (Å²) in [5, 5.41) is 6.97. The minimum Gasteiger partial charge on any atom is -0.384 e. The average molecular weight is 166 g/mol. The summed E-state index contributed by atoms with van der Waals surface area (Å²) in [5.74, 6) is 0. The Labute approximate surface area is 74.4 Å². The third-order valence-electron chi connectivity index (χ3n) is 2.91.